The molecule has 0 spiro atoms. The molecule has 2 aromatic rings. The van der Waals surface area contributed by atoms with E-state index in [1.54, 1.807) is 16.9 Å². The van der Waals surface area contributed by atoms with Gasteiger partial charge in [0, 0.05) is 12.4 Å². The van der Waals surface area contributed by atoms with Crippen LogP contribution in [0.3, 0.4) is 0 Å². The fraction of sp³-hybridized carbons (Fsp3) is 0.500. The largest absolute Gasteiger partial charge is 0.408 e. The van der Waals surface area contributed by atoms with E-state index in [1.807, 2.05) is 0 Å². The number of hydrogen-bond donors (Lipinski definition) is 1. The molecule has 0 saturated heterocycles. The average molecular weight is 327 g/mol. The van der Waals surface area contributed by atoms with Gasteiger partial charge in [-0.25, -0.2) is 0 Å². The number of rotatable bonds is 4. The zero-order valence-electron chi connectivity index (χ0n) is 12.3. The van der Waals surface area contributed by atoms with Crippen molar-refractivity contribution >= 4 is 11.6 Å². The molecule has 0 aromatic carbocycles. The predicted molar refractivity (Wildman–Crippen MR) is 76.0 cm³/mol. The van der Waals surface area contributed by atoms with E-state index < -0.39 is 18.6 Å². The van der Waals surface area contributed by atoms with E-state index in [0.29, 0.717) is 6.04 Å². The molecular formula is C14H16F3N5O. The second kappa shape index (κ2) is 6.05. The van der Waals surface area contributed by atoms with Crippen molar-refractivity contribution in [1.82, 2.24) is 19.6 Å². The molecule has 0 atom stereocenters. The third kappa shape index (κ3) is 3.91. The number of amides is 1. The molecular weight excluding hydrogens is 311 g/mol. The van der Waals surface area contributed by atoms with Gasteiger partial charge in [0.05, 0.1) is 17.9 Å². The molecule has 0 bridgehead atoms. The number of nitrogens with one attached hydrogen (secondary N) is 1. The molecule has 6 nitrogen and oxygen atoms in total. The first kappa shape index (κ1) is 15.6. The number of carbonyl (C=O) groups excluding carboxylic acids is 1. The van der Waals surface area contributed by atoms with Gasteiger partial charge >= 0.3 is 6.18 Å². The lowest BCUT2D eigenvalue weighted by Crippen LogP contribution is -2.18. The van der Waals surface area contributed by atoms with Crippen molar-refractivity contribution in [1.29, 1.82) is 0 Å². The summed E-state index contributed by atoms with van der Waals surface area (Å²) < 4.78 is 39.3. The van der Waals surface area contributed by atoms with Crippen LogP contribution in [0.4, 0.5) is 18.9 Å². The number of carbonyl (C=O) groups is 1. The Hall–Kier alpha value is -2.32. The highest BCUT2D eigenvalue weighted by Gasteiger charge is 2.28. The Bertz CT molecular complexity index is 685. The summed E-state index contributed by atoms with van der Waals surface area (Å²) >= 11 is 0. The number of nitrogens with zero attached hydrogens (tertiary/aromatic N) is 4. The van der Waals surface area contributed by atoms with Gasteiger partial charge in [-0.3, -0.25) is 14.2 Å². The highest BCUT2D eigenvalue weighted by molar-refractivity contribution is 6.02. The Labute approximate surface area is 130 Å². The fourth-order valence-corrected chi connectivity index (χ4v) is 2.72. The van der Waals surface area contributed by atoms with E-state index in [1.165, 1.54) is 6.20 Å². The summed E-state index contributed by atoms with van der Waals surface area (Å²) in [4.78, 5) is 12.1. The second-order valence-corrected chi connectivity index (χ2v) is 5.62. The van der Waals surface area contributed by atoms with Crippen LogP contribution < -0.4 is 5.32 Å². The molecule has 1 aliphatic rings. The minimum Gasteiger partial charge on any atom is -0.318 e. The first-order chi connectivity index (χ1) is 10.9. The molecule has 0 unspecified atom stereocenters. The van der Waals surface area contributed by atoms with E-state index in [0.717, 1.165) is 36.6 Å². The van der Waals surface area contributed by atoms with E-state index in [2.05, 4.69) is 15.5 Å². The predicted octanol–water partition coefficient (Wildman–Crippen LogP) is 3.01. The maximum Gasteiger partial charge on any atom is 0.408 e. The van der Waals surface area contributed by atoms with Gasteiger partial charge in [0.2, 0.25) is 0 Å². The van der Waals surface area contributed by atoms with Gasteiger partial charge in [0.25, 0.3) is 5.91 Å². The minimum absolute atomic E-state index is 0.203. The Morgan fingerprint density at radius 2 is 2.09 bits per heavy atom. The summed E-state index contributed by atoms with van der Waals surface area (Å²) in [6, 6.07) is 1.93. The van der Waals surface area contributed by atoms with Gasteiger partial charge in [0.1, 0.15) is 6.54 Å². The number of hydrogen-bond acceptors (Lipinski definition) is 3. The van der Waals surface area contributed by atoms with Crippen molar-refractivity contribution in [3.8, 4) is 0 Å². The number of anilines is 1. The molecule has 1 amide bonds. The summed E-state index contributed by atoms with van der Waals surface area (Å²) in [5.74, 6) is -0.465. The zero-order chi connectivity index (χ0) is 16.4. The minimum atomic E-state index is -4.35. The van der Waals surface area contributed by atoms with Gasteiger partial charge in [-0.15, -0.1) is 0 Å². The number of alkyl halides is 3. The van der Waals surface area contributed by atoms with E-state index in [4.69, 9.17) is 0 Å². The lowest BCUT2D eigenvalue weighted by Gasteiger charge is -2.08. The normalized spacial score (nSPS) is 16.0. The third-order valence-electron chi connectivity index (χ3n) is 3.77. The molecule has 1 fully saturated rings. The lowest BCUT2D eigenvalue weighted by atomic mass is 10.3. The van der Waals surface area contributed by atoms with E-state index >= 15 is 0 Å². The summed E-state index contributed by atoms with van der Waals surface area (Å²) in [5, 5.41) is 10.3. The van der Waals surface area contributed by atoms with Crippen molar-refractivity contribution in [3.63, 3.8) is 0 Å². The van der Waals surface area contributed by atoms with Crippen LogP contribution in [0, 0.1) is 0 Å². The molecule has 2 aromatic heterocycles. The molecule has 124 valence electrons. The SMILES string of the molecule is O=C(Nc1cnn(CC(F)(F)F)c1)c1ccn(C2CCCC2)n1. The maximum atomic E-state index is 12.3. The molecule has 23 heavy (non-hydrogen) atoms. The Balaban J connectivity index is 1.63. The Morgan fingerprint density at radius 1 is 1.35 bits per heavy atom. The molecule has 0 radical (unpaired) electrons. The topological polar surface area (TPSA) is 64.7 Å². The number of aromatic nitrogens is 4. The fourth-order valence-electron chi connectivity index (χ4n) is 2.72. The van der Waals surface area contributed by atoms with Crippen LogP contribution in [0.25, 0.3) is 0 Å². The van der Waals surface area contributed by atoms with Crippen LogP contribution >= 0.6 is 0 Å². The first-order valence-corrected chi connectivity index (χ1v) is 7.36. The number of halogens is 3. The van der Waals surface area contributed by atoms with Gasteiger partial charge in [0.15, 0.2) is 5.69 Å². The lowest BCUT2D eigenvalue weighted by molar-refractivity contribution is -0.142. The summed E-state index contributed by atoms with van der Waals surface area (Å²) in [5.41, 5.74) is 0.440. The van der Waals surface area contributed by atoms with Crippen LogP contribution in [0.2, 0.25) is 0 Å². The smallest absolute Gasteiger partial charge is 0.318 e. The van der Waals surface area contributed by atoms with Crippen LogP contribution in [-0.4, -0.2) is 31.6 Å². The van der Waals surface area contributed by atoms with Gasteiger partial charge in [-0.1, -0.05) is 12.8 Å². The summed E-state index contributed by atoms with van der Waals surface area (Å²) in [6.07, 6.45) is 4.14. The summed E-state index contributed by atoms with van der Waals surface area (Å²) in [6.45, 7) is -1.20. The van der Waals surface area contributed by atoms with Gasteiger partial charge < -0.3 is 5.32 Å². The second-order valence-electron chi connectivity index (χ2n) is 5.62. The van der Waals surface area contributed by atoms with Gasteiger partial charge in [-0.2, -0.15) is 23.4 Å². The van der Waals surface area contributed by atoms with Crippen LogP contribution in [0.5, 0.6) is 0 Å². The van der Waals surface area contributed by atoms with E-state index in [-0.39, 0.29) is 11.4 Å². The summed E-state index contributed by atoms with van der Waals surface area (Å²) in [7, 11) is 0. The zero-order valence-corrected chi connectivity index (χ0v) is 12.3. The Kier molecular flexibility index (Phi) is 4.10. The standard InChI is InChI=1S/C14H16F3N5O/c15-14(16,17)9-21-8-10(7-18-21)19-13(23)12-5-6-22(20-12)11-3-1-2-4-11/h5-8,11H,1-4,9H2,(H,19,23). The molecule has 0 aliphatic heterocycles. The third-order valence-corrected chi connectivity index (χ3v) is 3.77. The van der Waals surface area contributed by atoms with Crippen molar-refractivity contribution in [2.24, 2.45) is 0 Å². The van der Waals surface area contributed by atoms with E-state index in [9.17, 15) is 18.0 Å². The average Bonchev–Trinajstić information content (AvgIpc) is 3.17. The van der Waals surface area contributed by atoms with Crippen LogP contribution in [0.15, 0.2) is 24.7 Å². The van der Waals surface area contributed by atoms with Crippen LogP contribution in [0.1, 0.15) is 42.2 Å². The first-order valence-electron chi connectivity index (χ1n) is 7.36. The van der Waals surface area contributed by atoms with Crippen molar-refractivity contribution < 1.29 is 18.0 Å². The van der Waals surface area contributed by atoms with Crippen molar-refractivity contribution in [2.45, 2.75) is 44.4 Å². The maximum absolute atomic E-state index is 12.3. The molecule has 1 aliphatic carbocycles. The van der Waals surface area contributed by atoms with Crippen molar-refractivity contribution in [3.05, 3.63) is 30.4 Å². The molecule has 3 rings (SSSR count). The highest BCUT2D eigenvalue weighted by Crippen LogP contribution is 2.28. The Morgan fingerprint density at radius 3 is 2.78 bits per heavy atom. The molecule has 1 N–H and O–H groups in total. The molecule has 1 saturated carbocycles. The van der Waals surface area contributed by atoms with Crippen LogP contribution in [-0.2, 0) is 6.54 Å². The quantitative estimate of drug-likeness (QED) is 0.939. The monoisotopic (exact) mass is 327 g/mol. The highest BCUT2D eigenvalue weighted by atomic mass is 19.4. The van der Waals surface area contributed by atoms with Gasteiger partial charge in [-0.05, 0) is 18.9 Å². The molecule has 9 heteroatoms. The van der Waals surface area contributed by atoms with Crippen molar-refractivity contribution in [2.75, 3.05) is 5.32 Å². The molecule has 2 heterocycles.